The van der Waals surface area contributed by atoms with Crippen molar-refractivity contribution >= 4 is 17.6 Å². The van der Waals surface area contributed by atoms with Gasteiger partial charge < -0.3 is 14.5 Å². The fourth-order valence-corrected chi connectivity index (χ4v) is 1.99. The number of carbonyl (C=O) groups excluding carboxylic acids is 2. The van der Waals surface area contributed by atoms with Crippen LogP contribution in [0.4, 0.5) is 5.69 Å². The summed E-state index contributed by atoms with van der Waals surface area (Å²) in [5.41, 5.74) is 2.10. The van der Waals surface area contributed by atoms with Crippen molar-refractivity contribution in [1.82, 2.24) is 0 Å². The van der Waals surface area contributed by atoms with Crippen LogP contribution in [0, 0.1) is 20.8 Å². The van der Waals surface area contributed by atoms with E-state index in [-0.39, 0.29) is 5.91 Å². The van der Waals surface area contributed by atoms with Crippen LogP contribution >= 0.6 is 0 Å². The molecule has 22 heavy (non-hydrogen) atoms. The molecule has 2 aromatic rings. The predicted octanol–water partition coefficient (Wildman–Crippen LogP) is 3.39. The number of hydrogen-bond acceptors (Lipinski definition) is 4. The molecule has 2 rings (SSSR count). The minimum absolute atomic E-state index is 0.340. The first-order chi connectivity index (χ1) is 10.4. The SMILES string of the molecule is Cc1ccc(NC(=O)[C@@H](C)OC(=O)c2cc(C)oc2C)cc1. The van der Waals surface area contributed by atoms with Crippen LogP contribution < -0.4 is 5.32 Å². The first kappa shape index (κ1) is 15.8. The third-order valence-corrected chi connectivity index (χ3v) is 3.23. The van der Waals surface area contributed by atoms with E-state index in [4.69, 9.17) is 9.15 Å². The normalized spacial score (nSPS) is 11.8. The Morgan fingerprint density at radius 3 is 2.32 bits per heavy atom. The standard InChI is InChI=1S/C17H19NO4/c1-10-5-7-14(8-6-10)18-16(19)13(4)22-17(20)15-9-11(2)21-12(15)3/h5-9,13H,1-4H3,(H,18,19)/t13-/m1/s1. The average Bonchev–Trinajstić information content (AvgIpc) is 2.80. The third-order valence-electron chi connectivity index (χ3n) is 3.23. The number of nitrogens with one attached hydrogen (secondary N) is 1. The number of benzene rings is 1. The summed E-state index contributed by atoms with van der Waals surface area (Å²) < 4.78 is 10.5. The molecule has 0 aliphatic heterocycles. The minimum Gasteiger partial charge on any atom is -0.466 e. The van der Waals surface area contributed by atoms with E-state index in [2.05, 4.69) is 5.32 Å². The summed E-state index contributed by atoms with van der Waals surface area (Å²) in [6.07, 6.45) is -0.900. The Bertz CT molecular complexity index is 685. The van der Waals surface area contributed by atoms with Crippen LogP contribution in [0.2, 0.25) is 0 Å². The molecule has 1 aromatic carbocycles. The summed E-state index contributed by atoms with van der Waals surface area (Å²) in [7, 11) is 0. The van der Waals surface area contributed by atoms with Crippen LogP contribution in [0.15, 0.2) is 34.7 Å². The zero-order valence-corrected chi connectivity index (χ0v) is 13.1. The van der Waals surface area contributed by atoms with Gasteiger partial charge in [0.25, 0.3) is 5.91 Å². The maximum absolute atomic E-state index is 12.0. The second kappa shape index (κ2) is 6.47. The van der Waals surface area contributed by atoms with Crippen molar-refractivity contribution in [2.24, 2.45) is 0 Å². The highest BCUT2D eigenvalue weighted by molar-refractivity contribution is 5.97. The smallest absolute Gasteiger partial charge is 0.342 e. The number of aryl methyl sites for hydroxylation is 3. The molecule has 5 heteroatoms. The molecule has 0 spiro atoms. The summed E-state index contributed by atoms with van der Waals surface area (Å²) in [5, 5.41) is 2.71. The van der Waals surface area contributed by atoms with Gasteiger partial charge in [-0.1, -0.05) is 17.7 Å². The van der Waals surface area contributed by atoms with Crippen molar-refractivity contribution in [2.45, 2.75) is 33.8 Å². The van der Waals surface area contributed by atoms with Gasteiger partial charge in [0.15, 0.2) is 6.10 Å². The Morgan fingerprint density at radius 1 is 1.14 bits per heavy atom. The van der Waals surface area contributed by atoms with Gasteiger partial charge >= 0.3 is 5.97 Å². The molecule has 1 atom stereocenters. The maximum Gasteiger partial charge on any atom is 0.342 e. The van der Waals surface area contributed by atoms with Gasteiger partial charge in [-0.3, -0.25) is 4.79 Å². The van der Waals surface area contributed by atoms with Crippen LogP contribution in [0.5, 0.6) is 0 Å². The quantitative estimate of drug-likeness (QED) is 0.879. The summed E-state index contributed by atoms with van der Waals surface area (Å²) >= 11 is 0. The lowest BCUT2D eigenvalue weighted by molar-refractivity contribution is -0.123. The molecule has 1 aromatic heterocycles. The lowest BCUT2D eigenvalue weighted by atomic mass is 10.2. The van der Waals surface area contributed by atoms with E-state index in [1.165, 1.54) is 6.92 Å². The van der Waals surface area contributed by atoms with Gasteiger partial charge in [0.2, 0.25) is 0 Å². The van der Waals surface area contributed by atoms with Gasteiger partial charge in [0, 0.05) is 5.69 Å². The van der Waals surface area contributed by atoms with E-state index in [1.54, 1.807) is 32.0 Å². The second-order valence-corrected chi connectivity index (χ2v) is 5.23. The molecule has 0 aliphatic rings. The lowest BCUT2D eigenvalue weighted by Crippen LogP contribution is -2.30. The molecule has 0 saturated heterocycles. The van der Waals surface area contributed by atoms with E-state index in [0.29, 0.717) is 22.8 Å². The Kier molecular flexibility index (Phi) is 4.65. The predicted molar refractivity (Wildman–Crippen MR) is 82.9 cm³/mol. The van der Waals surface area contributed by atoms with Crippen molar-refractivity contribution < 1.29 is 18.7 Å². The molecule has 0 saturated carbocycles. The average molecular weight is 301 g/mol. The van der Waals surface area contributed by atoms with Crippen LogP contribution in [-0.4, -0.2) is 18.0 Å². The number of hydrogen-bond donors (Lipinski definition) is 1. The van der Waals surface area contributed by atoms with Crippen molar-refractivity contribution in [3.05, 3.63) is 53.0 Å². The molecule has 0 bridgehead atoms. The first-order valence-corrected chi connectivity index (χ1v) is 7.02. The lowest BCUT2D eigenvalue weighted by Gasteiger charge is -2.13. The van der Waals surface area contributed by atoms with Gasteiger partial charge in [0.05, 0.1) is 0 Å². The molecule has 116 valence electrons. The zero-order valence-electron chi connectivity index (χ0n) is 13.1. The highest BCUT2D eigenvalue weighted by Crippen LogP contribution is 2.16. The second-order valence-electron chi connectivity index (χ2n) is 5.23. The highest BCUT2D eigenvalue weighted by Gasteiger charge is 2.22. The number of carbonyl (C=O) groups is 2. The molecule has 5 nitrogen and oxygen atoms in total. The molecule has 0 aliphatic carbocycles. The van der Waals surface area contributed by atoms with E-state index in [0.717, 1.165) is 5.56 Å². The fourth-order valence-electron chi connectivity index (χ4n) is 1.99. The summed E-state index contributed by atoms with van der Waals surface area (Å²) in [5.74, 6) is 0.158. The molecule has 0 fully saturated rings. The van der Waals surface area contributed by atoms with Crippen LogP contribution in [0.3, 0.4) is 0 Å². The van der Waals surface area contributed by atoms with E-state index in [1.807, 2.05) is 19.1 Å². The van der Waals surface area contributed by atoms with Crippen molar-refractivity contribution in [3.8, 4) is 0 Å². The van der Waals surface area contributed by atoms with Gasteiger partial charge in [-0.15, -0.1) is 0 Å². The zero-order chi connectivity index (χ0) is 16.3. The van der Waals surface area contributed by atoms with Crippen LogP contribution in [0.1, 0.15) is 34.4 Å². The Labute approximate surface area is 129 Å². The molecular formula is C17H19NO4. The van der Waals surface area contributed by atoms with Gasteiger partial charge in [-0.2, -0.15) is 0 Å². The van der Waals surface area contributed by atoms with Gasteiger partial charge in [-0.25, -0.2) is 4.79 Å². The number of esters is 1. The van der Waals surface area contributed by atoms with Crippen LogP contribution in [0.25, 0.3) is 0 Å². The van der Waals surface area contributed by atoms with Crippen molar-refractivity contribution in [3.63, 3.8) is 0 Å². The molecular weight excluding hydrogens is 282 g/mol. The summed E-state index contributed by atoms with van der Waals surface area (Å²) in [6.45, 7) is 6.92. The van der Waals surface area contributed by atoms with E-state index >= 15 is 0 Å². The van der Waals surface area contributed by atoms with Crippen molar-refractivity contribution in [1.29, 1.82) is 0 Å². The molecule has 1 heterocycles. The Morgan fingerprint density at radius 2 is 1.77 bits per heavy atom. The fraction of sp³-hybridized carbons (Fsp3) is 0.294. The minimum atomic E-state index is -0.900. The monoisotopic (exact) mass is 301 g/mol. The number of furan rings is 1. The van der Waals surface area contributed by atoms with E-state index in [9.17, 15) is 9.59 Å². The van der Waals surface area contributed by atoms with E-state index < -0.39 is 12.1 Å². The summed E-state index contributed by atoms with van der Waals surface area (Å²) in [6, 6.07) is 8.98. The highest BCUT2D eigenvalue weighted by atomic mass is 16.5. The number of ether oxygens (including phenoxy) is 1. The number of amides is 1. The van der Waals surface area contributed by atoms with Gasteiger partial charge in [0.1, 0.15) is 17.1 Å². The van der Waals surface area contributed by atoms with Crippen LogP contribution in [-0.2, 0) is 9.53 Å². The molecule has 1 N–H and O–H groups in total. The van der Waals surface area contributed by atoms with Gasteiger partial charge in [-0.05, 0) is 45.9 Å². The first-order valence-electron chi connectivity index (χ1n) is 7.02. The third kappa shape index (κ3) is 3.75. The van der Waals surface area contributed by atoms with Crippen molar-refractivity contribution in [2.75, 3.05) is 5.32 Å². The maximum atomic E-state index is 12.0. The largest absolute Gasteiger partial charge is 0.466 e. The number of anilines is 1. The Hall–Kier alpha value is -2.56. The molecule has 1 amide bonds. The molecule has 0 radical (unpaired) electrons. The number of rotatable bonds is 4. The topological polar surface area (TPSA) is 68.5 Å². The Balaban J connectivity index is 1.97. The molecule has 0 unspecified atom stereocenters. The summed E-state index contributed by atoms with van der Waals surface area (Å²) in [4.78, 5) is 24.1.